The molecule has 0 aromatic heterocycles. The van der Waals surface area contributed by atoms with Gasteiger partial charge in [0.2, 0.25) is 5.91 Å². The van der Waals surface area contributed by atoms with Crippen LogP contribution < -0.4 is 11.5 Å². The molecule has 0 saturated heterocycles. The molecule has 0 radical (unpaired) electrons. The molecule has 2 aromatic carbocycles. The number of hydrogen-bond donors (Lipinski definition) is 3. The van der Waals surface area contributed by atoms with Gasteiger partial charge in [-0.2, -0.15) is 0 Å². The van der Waals surface area contributed by atoms with Crippen LogP contribution in [-0.2, 0) is 14.4 Å². The van der Waals surface area contributed by atoms with Gasteiger partial charge in [-0.05, 0) is 55.5 Å². The molecule has 3 rings (SSSR count). The second-order valence-corrected chi connectivity index (χ2v) is 8.89. The number of benzene rings is 2. The van der Waals surface area contributed by atoms with Gasteiger partial charge in [-0.25, -0.2) is 4.99 Å². The van der Waals surface area contributed by atoms with Crippen LogP contribution in [-0.4, -0.2) is 45.2 Å². The van der Waals surface area contributed by atoms with Crippen LogP contribution in [0.3, 0.4) is 0 Å². The first-order valence-electron chi connectivity index (χ1n) is 11.9. The largest absolute Gasteiger partial charge is 0.481 e. The normalized spacial score (nSPS) is 16.5. The molecule has 0 saturated carbocycles. The lowest BCUT2D eigenvalue weighted by Crippen LogP contribution is -2.47. The number of carbonyl (C=O) groups excluding carboxylic acids is 2. The van der Waals surface area contributed by atoms with Crippen LogP contribution in [0.15, 0.2) is 70.9 Å². The zero-order valence-corrected chi connectivity index (χ0v) is 20.8. The first-order valence-corrected chi connectivity index (χ1v) is 11.9. The molecule has 9 nitrogen and oxygen atoms in total. The maximum absolute atomic E-state index is 14.1. The Bertz CT molecular complexity index is 1170. The number of amides is 2. The highest BCUT2D eigenvalue weighted by Gasteiger charge is 2.40. The maximum atomic E-state index is 14.1. The topological polar surface area (TPSA) is 142 Å². The summed E-state index contributed by atoms with van der Waals surface area (Å²) in [5.41, 5.74) is 14.4. The van der Waals surface area contributed by atoms with Gasteiger partial charge >= 0.3 is 5.97 Å². The fourth-order valence-corrected chi connectivity index (χ4v) is 4.62. The minimum atomic E-state index is -1.23. The van der Waals surface area contributed by atoms with Gasteiger partial charge in [-0.3, -0.25) is 14.4 Å². The Hall–Kier alpha value is -4.14. The quantitative estimate of drug-likeness (QED) is 0.278. The van der Waals surface area contributed by atoms with Crippen LogP contribution in [0, 0.1) is 0 Å². The smallest absolute Gasteiger partial charge is 0.312 e. The fourth-order valence-electron chi connectivity index (χ4n) is 4.62. The zero-order valence-electron chi connectivity index (χ0n) is 20.8. The van der Waals surface area contributed by atoms with Crippen molar-refractivity contribution in [3.8, 4) is 0 Å². The average Bonchev–Trinajstić information content (AvgIpc) is 2.83. The predicted octanol–water partition coefficient (Wildman–Crippen LogP) is 3.61. The predicted molar refractivity (Wildman–Crippen MR) is 138 cm³/mol. The minimum absolute atomic E-state index is 0.0431. The molecule has 1 aliphatic rings. The lowest BCUT2D eigenvalue weighted by atomic mass is 9.89. The molecule has 2 atom stereocenters. The number of carbonyl (C=O) groups is 3. The Morgan fingerprint density at radius 3 is 2.33 bits per heavy atom. The van der Waals surface area contributed by atoms with E-state index in [-0.39, 0.29) is 36.2 Å². The first-order chi connectivity index (χ1) is 17.1. The van der Waals surface area contributed by atoms with Gasteiger partial charge in [-0.1, -0.05) is 49.4 Å². The van der Waals surface area contributed by atoms with E-state index >= 15 is 0 Å². The van der Waals surface area contributed by atoms with Gasteiger partial charge in [0.1, 0.15) is 12.1 Å². The second-order valence-electron chi connectivity index (χ2n) is 8.89. The number of aliphatic carboxylic acids is 1. The van der Waals surface area contributed by atoms with Crippen molar-refractivity contribution in [3.05, 3.63) is 77.0 Å². The van der Waals surface area contributed by atoms with E-state index in [0.717, 1.165) is 16.7 Å². The van der Waals surface area contributed by atoms with E-state index in [0.29, 0.717) is 18.5 Å². The summed E-state index contributed by atoms with van der Waals surface area (Å²) in [6.07, 6.45) is 0.426. The third-order valence-corrected chi connectivity index (χ3v) is 6.23. The summed E-state index contributed by atoms with van der Waals surface area (Å²) in [6.45, 7) is 5.92. The Morgan fingerprint density at radius 2 is 1.78 bits per heavy atom. The van der Waals surface area contributed by atoms with Crippen molar-refractivity contribution in [2.75, 3.05) is 6.54 Å². The highest BCUT2D eigenvalue weighted by Crippen LogP contribution is 2.41. The number of carboxylic acids is 1. The van der Waals surface area contributed by atoms with Crippen LogP contribution in [0.5, 0.6) is 0 Å². The molecule has 0 aliphatic carbocycles. The molecule has 36 heavy (non-hydrogen) atoms. The number of guanidine groups is 1. The number of carboxylic acid groups (broad SMARTS) is 1. The summed E-state index contributed by atoms with van der Waals surface area (Å²) in [5, 5.41) is 9.20. The number of aliphatic imine (C=N–C) groups is 1. The van der Waals surface area contributed by atoms with Crippen molar-refractivity contribution in [2.24, 2.45) is 16.5 Å². The molecule has 2 aromatic rings. The summed E-state index contributed by atoms with van der Waals surface area (Å²) in [5.74, 6) is -2.17. The average molecular weight is 492 g/mol. The Labute approximate surface area is 211 Å². The van der Waals surface area contributed by atoms with Crippen molar-refractivity contribution >= 4 is 29.4 Å². The van der Waals surface area contributed by atoms with Gasteiger partial charge < -0.3 is 26.4 Å². The summed E-state index contributed by atoms with van der Waals surface area (Å²) >= 11 is 0. The van der Waals surface area contributed by atoms with E-state index in [1.54, 1.807) is 17.0 Å². The number of rotatable bonds is 9. The summed E-state index contributed by atoms with van der Waals surface area (Å²) in [4.78, 5) is 45.4. The van der Waals surface area contributed by atoms with Crippen LogP contribution >= 0.6 is 0 Å². The summed E-state index contributed by atoms with van der Waals surface area (Å²) < 4.78 is 0. The molecule has 1 heterocycles. The van der Waals surface area contributed by atoms with Crippen LogP contribution in [0.2, 0.25) is 0 Å². The Morgan fingerprint density at radius 1 is 1.14 bits per heavy atom. The van der Waals surface area contributed by atoms with Crippen LogP contribution in [0.1, 0.15) is 63.2 Å². The van der Waals surface area contributed by atoms with E-state index in [1.807, 2.05) is 63.2 Å². The summed E-state index contributed by atoms with van der Waals surface area (Å²) in [6, 6.07) is 16.4. The SMILES string of the molecule is CCCN(C(=O)CC(=O)O)C1=C(C)C[C@H](c2ccccc2)N([C@@H](C)c2ccc(N=C(N)N)cc2)C1=O. The lowest BCUT2D eigenvalue weighted by Gasteiger charge is -2.43. The second kappa shape index (κ2) is 11.5. The molecule has 0 unspecified atom stereocenters. The molecule has 0 bridgehead atoms. The Kier molecular flexibility index (Phi) is 8.47. The Balaban J connectivity index is 2.07. The third-order valence-electron chi connectivity index (χ3n) is 6.23. The van der Waals surface area contributed by atoms with Crippen molar-refractivity contribution in [2.45, 2.75) is 52.1 Å². The van der Waals surface area contributed by atoms with E-state index in [4.69, 9.17) is 11.5 Å². The lowest BCUT2D eigenvalue weighted by molar-refractivity contribution is -0.146. The minimum Gasteiger partial charge on any atom is -0.481 e. The van der Waals surface area contributed by atoms with Gasteiger partial charge in [0.25, 0.3) is 5.91 Å². The number of hydrogen-bond acceptors (Lipinski definition) is 4. The molecule has 2 amide bonds. The van der Waals surface area contributed by atoms with Gasteiger partial charge in [-0.15, -0.1) is 0 Å². The van der Waals surface area contributed by atoms with Crippen LogP contribution in [0.25, 0.3) is 0 Å². The van der Waals surface area contributed by atoms with Gasteiger partial charge in [0.15, 0.2) is 5.96 Å². The molecule has 1 aliphatic heterocycles. The van der Waals surface area contributed by atoms with Gasteiger partial charge in [0.05, 0.1) is 17.8 Å². The molecule has 190 valence electrons. The number of nitrogens with zero attached hydrogens (tertiary/aromatic N) is 3. The fraction of sp³-hybridized carbons (Fsp3) is 0.333. The van der Waals surface area contributed by atoms with Crippen molar-refractivity contribution < 1.29 is 19.5 Å². The molecule has 0 fully saturated rings. The highest BCUT2D eigenvalue weighted by atomic mass is 16.4. The van der Waals surface area contributed by atoms with Crippen molar-refractivity contribution in [3.63, 3.8) is 0 Å². The first kappa shape index (κ1) is 26.5. The molecular weight excluding hydrogens is 458 g/mol. The summed E-state index contributed by atoms with van der Waals surface area (Å²) in [7, 11) is 0. The van der Waals surface area contributed by atoms with Crippen molar-refractivity contribution in [1.29, 1.82) is 0 Å². The molecule has 5 N–H and O–H groups in total. The van der Waals surface area contributed by atoms with Crippen molar-refractivity contribution in [1.82, 2.24) is 9.80 Å². The number of nitrogens with two attached hydrogens (primary N) is 2. The monoisotopic (exact) mass is 491 g/mol. The van der Waals surface area contributed by atoms with Gasteiger partial charge in [0, 0.05) is 6.54 Å². The molecular formula is C27H33N5O4. The van der Waals surface area contributed by atoms with Crippen LogP contribution in [0.4, 0.5) is 5.69 Å². The standard InChI is InChI=1S/C27H33N5O4/c1-4-14-31(23(33)16-24(34)35)25-17(2)15-22(20-8-6-5-7-9-20)32(26(25)36)18(3)19-10-12-21(13-11-19)30-27(28)29/h5-13,18,22H,4,14-16H2,1-3H3,(H,34,35)(H4,28,29,30)/t18-,22+/m0/s1. The zero-order chi connectivity index (χ0) is 26.4. The third kappa shape index (κ3) is 5.91. The van der Waals surface area contributed by atoms with E-state index in [9.17, 15) is 19.5 Å². The molecule has 9 heteroatoms. The maximum Gasteiger partial charge on any atom is 0.312 e. The molecule has 0 spiro atoms. The van der Waals surface area contributed by atoms with E-state index < -0.39 is 18.3 Å². The van der Waals surface area contributed by atoms with E-state index in [1.165, 1.54) is 4.90 Å². The highest BCUT2D eigenvalue weighted by molar-refractivity contribution is 6.02. The van der Waals surface area contributed by atoms with E-state index in [2.05, 4.69) is 4.99 Å².